The van der Waals surface area contributed by atoms with E-state index in [1.54, 1.807) is 11.8 Å². The van der Waals surface area contributed by atoms with Gasteiger partial charge in [-0.2, -0.15) is 0 Å². The SMILES string of the molecule is CN1CCN(c2cc(Sc3ccc(Br)cc3)nc(-c3ccccc3)n2)CC1. The van der Waals surface area contributed by atoms with Gasteiger partial charge in [-0.3, -0.25) is 0 Å². The van der Waals surface area contributed by atoms with E-state index in [1.807, 2.05) is 18.2 Å². The Bertz CT molecular complexity index is 894. The highest BCUT2D eigenvalue weighted by atomic mass is 79.9. The van der Waals surface area contributed by atoms with Crippen molar-refractivity contribution in [2.75, 3.05) is 38.1 Å². The third-order valence-electron chi connectivity index (χ3n) is 4.58. The molecule has 1 aromatic heterocycles. The topological polar surface area (TPSA) is 32.3 Å². The Balaban J connectivity index is 1.69. The summed E-state index contributed by atoms with van der Waals surface area (Å²) in [5.74, 6) is 1.79. The van der Waals surface area contributed by atoms with Gasteiger partial charge in [-0.25, -0.2) is 9.97 Å². The first-order valence-electron chi connectivity index (χ1n) is 8.99. The van der Waals surface area contributed by atoms with Crippen LogP contribution in [0.4, 0.5) is 5.82 Å². The molecule has 2 aromatic carbocycles. The Labute approximate surface area is 172 Å². The summed E-state index contributed by atoms with van der Waals surface area (Å²) in [5.41, 5.74) is 1.05. The number of rotatable bonds is 4. The van der Waals surface area contributed by atoms with Crippen LogP contribution in [0, 0.1) is 0 Å². The maximum atomic E-state index is 4.88. The van der Waals surface area contributed by atoms with Gasteiger partial charge in [0, 0.05) is 47.2 Å². The van der Waals surface area contributed by atoms with Gasteiger partial charge in [0.25, 0.3) is 0 Å². The minimum Gasteiger partial charge on any atom is -0.354 e. The van der Waals surface area contributed by atoms with Crippen molar-refractivity contribution in [3.05, 3.63) is 65.1 Å². The summed E-state index contributed by atoms with van der Waals surface area (Å²) in [6, 6.07) is 20.7. The van der Waals surface area contributed by atoms with E-state index in [4.69, 9.17) is 9.97 Å². The fourth-order valence-electron chi connectivity index (χ4n) is 3.00. The van der Waals surface area contributed by atoms with E-state index in [1.165, 1.54) is 4.90 Å². The van der Waals surface area contributed by atoms with Crippen molar-refractivity contribution in [3.8, 4) is 11.4 Å². The molecule has 0 amide bonds. The van der Waals surface area contributed by atoms with Crippen LogP contribution in [-0.4, -0.2) is 48.1 Å². The summed E-state index contributed by atoms with van der Waals surface area (Å²) in [7, 11) is 2.17. The highest BCUT2D eigenvalue weighted by Crippen LogP contribution is 2.31. The van der Waals surface area contributed by atoms with Gasteiger partial charge in [-0.15, -0.1) is 0 Å². The van der Waals surface area contributed by atoms with E-state index >= 15 is 0 Å². The highest BCUT2D eigenvalue weighted by Gasteiger charge is 2.18. The van der Waals surface area contributed by atoms with Gasteiger partial charge in [0.2, 0.25) is 0 Å². The lowest BCUT2D eigenvalue weighted by Crippen LogP contribution is -2.44. The van der Waals surface area contributed by atoms with Crippen molar-refractivity contribution >= 4 is 33.5 Å². The number of likely N-dealkylation sites (N-methyl/N-ethyl adjacent to an activating group) is 1. The van der Waals surface area contributed by atoms with Gasteiger partial charge in [-0.05, 0) is 31.3 Å². The fraction of sp³-hybridized carbons (Fsp3) is 0.238. The molecule has 0 N–H and O–H groups in total. The smallest absolute Gasteiger partial charge is 0.162 e. The first-order valence-corrected chi connectivity index (χ1v) is 10.6. The summed E-state index contributed by atoms with van der Waals surface area (Å²) in [5, 5.41) is 0.972. The van der Waals surface area contributed by atoms with E-state index < -0.39 is 0 Å². The minimum atomic E-state index is 0.784. The first kappa shape index (κ1) is 18.5. The lowest BCUT2D eigenvalue weighted by atomic mass is 10.2. The van der Waals surface area contributed by atoms with Crippen LogP contribution in [0.3, 0.4) is 0 Å². The molecule has 0 saturated carbocycles. The maximum absolute atomic E-state index is 4.88. The number of nitrogens with zero attached hydrogens (tertiary/aromatic N) is 4. The van der Waals surface area contributed by atoms with Crippen LogP contribution in [-0.2, 0) is 0 Å². The number of hydrogen-bond donors (Lipinski definition) is 0. The molecule has 4 nitrogen and oxygen atoms in total. The largest absolute Gasteiger partial charge is 0.354 e. The average molecular weight is 441 g/mol. The minimum absolute atomic E-state index is 0.784. The van der Waals surface area contributed by atoms with E-state index in [9.17, 15) is 0 Å². The predicted octanol–water partition coefficient (Wildman–Crippen LogP) is 4.81. The zero-order valence-electron chi connectivity index (χ0n) is 15.2. The number of benzene rings is 2. The van der Waals surface area contributed by atoms with Crippen LogP contribution >= 0.6 is 27.7 Å². The Hall–Kier alpha value is -1.89. The van der Waals surface area contributed by atoms with Crippen molar-refractivity contribution in [1.82, 2.24) is 14.9 Å². The molecule has 3 aromatic rings. The van der Waals surface area contributed by atoms with Gasteiger partial charge in [-0.1, -0.05) is 58.0 Å². The molecule has 4 rings (SSSR count). The Morgan fingerprint density at radius 3 is 2.30 bits per heavy atom. The molecule has 0 atom stereocenters. The molecule has 27 heavy (non-hydrogen) atoms. The number of anilines is 1. The summed E-state index contributed by atoms with van der Waals surface area (Å²) in [6.07, 6.45) is 0. The molecule has 0 spiro atoms. The van der Waals surface area contributed by atoms with E-state index in [2.05, 4.69) is 75.2 Å². The monoisotopic (exact) mass is 440 g/mol. The first-order chi connectivity index (χ1) is 13.2. The van der Waals surface area contributed by atoms with Gasteiger partial charge < -0.3 is 9.80 Å². The Morgan fingerprint density at radius 1 is 0.889 bits per heavy atom. The third-order valence-corrected chi connectivity index (χ3v) is 6.04. The molecule has 0 bridgehead atoms. The molecular weight excluding hydrogens is 420 g/mol. The normalized spacial score (nSPS) is 15.1. The lowest BCUT2D eigenvalue weighted by molar-refractivity contribution is 0.312. The van der Waals surface area contributed by atoms with Crippen LogP contribution < -0.4 is 4.90 Å². The second-order valence-corrected chi connectivity index (χ2v) is 8.61. The van der Waals surface area contributed by atoms with Gasteiger partial charge in [0.1, 0.15) is 10.8 Å². The summed E-state index contributed by atoms with van der Waals surface area (Å²) in [6.45, 7) is 4.09. The molecule has 138 valence electrons. The molecule has 0 radical (unpaired) electrons. The van der Waals surface area contributed by atoms with E-state index in [0.717, 1.165) is 52.9 Å². The van der Waals surface area contributed by atoms with Crippen LogP contribution in [0.2, 0.25) is 0 Å². The van der Waals surface area contributed by atoms with Crippen LogP contribution in [0.15, 0.2) is 75.1 Å². The molecule has 1 aliphatic heterocycles. The maximum Gasteiger partial charge on any atom is 0.162 e. The molecule has 1 fully saturated rings. The Kier molecular flexibility index (Phi) is 5.76. The average Bonchev–Trinajstić information content (AvgIpc) is 2.71. The summed E-state index contributed by atoms with van der Waals surface area (Å²) in [4.78, 5) is 15.6. The molecule has 0 unspecified atom stereocenters. The number of halogens is 1. The van der Waals surface area contributed by atoms with E-state index in [-0.39, 0.29) is 0 Å². The summed E-state index contributed by atoms with van der Waals surface area (Å²) < 4.78 is 1.08. The lowest BCUT2D eigenvalue weighted by Gasteiger charge is -2.33. The molecule has 2 heterocycles. The van der Waals surface area contributed by atoms with Crippen molar-refractivity contribution < 1.29 is 0 Å². The quantitative estimate of drug-likeness (QED) is 0.543. The van der Waals surface area contributed by atoms with Crippen molar-refractivity contribution in [1.29, 1.82) is 0 Å². The molecular formula is C21H21BrN4S. The predicted molar refractivity (Wildman–Crippen MR) is 115 cm³/mol. The zero-order chi connectivity index (χ0) is 18.6. The molecule has 1 aliphatic rings. The third kappa shape index (κ3) is 4.69. The van der Waals surface area contributed by atoms with Crippen LogP contribution in [0.25, 0.3) is 11.4 Å². The van der Waals surface area contributed by atoms with Crippen LogP contribution in [0.1, 0.15) is 0 Å². The second-order valence-electron chi connectivity index (χ2n) is 6.60. The molecule has 1 saturated heterocycles. The van der Waals surface area contributed by atoms with Crippen molar-refractivity contribution in [3.63, 3.8) is 0 Å². The Morgan fingerprint density at radius 2 is 1.59 bits per heavy atom. The number of hydrogen-bond acceptors (Lipinski definition) is 5. The summed E-state index contributed by atoms with van der Waals surface area (Å²) >= 11 is 5.17. The standard InChI is InChI=1S/C21H21BrN4S/c1-25-11-13-26(14-12-25)19-15-20(27-18-9-7-17(22)8-10-18)24-21(23-19)16-5-3-2-4-6-16/h2-10,15H,11-14H2,1H3. The second kappa shape index (κ2) is 8.42. The van der Waals surface area contributed by atoms with Crippen molar-refractivity contribution in [2.45, 2.75) is 9.92 Å². The van der Waals surface area contributed by atoms with Gasteiger partial charge in [0.05, 0.1) is 0 Å². The highest BCUT2D eigenvalue weighted by molar-refractivity contribution is 9.10. The van der Waals surface area contributed by atoms with Gasteiger partial charge in [0.15, 0.2) is 5.82 Å². The molecule has 6 heteroatoms. The number of piperazine rings is 1. The van der Waals surface area contributed by atoms with Crippen LogP contribution in [0.5, 0.6) is 0 Å². The van der Waals surface area contributed by atoms with E-state index in [0.29, 0.717) is 0 Å². The number of aromatic nitrogens is 2. The fourth-order valence-corrected chi connectivity index (χ4v) is 4.08. The van der Waals surface area contributed by atoms with Crippen molar-refractivity contribution in [2.24, 2.45) is 0 Å². The van der Waals surface area contributed by atoms with Gasteiger partial charge >= 0.3 is 0 Å². The zero-order valence-corrected chi connectivity index (χ0v) is 17.6. The molecule has 0 aliphatic carbocycles.